The van der Waals surface area contributed by atoms with Crippen molar-refractivity contribution >= 4 is 16.9 Å². The fourth-order valence-corrected chi connectivity index (χ4v) is 3.54. The Balaban J connectivity index is 1.60. The van der Waals surface area contributed by atoms with Gasteiger partial charge in [-0.05, 0) is 36.1 Å². The van der Waals surface area contributed by atoms with Gasteiger partial charge in [-0.25, -0.2) is 4.98 Å². The number of hydrogen-bond acceptors (Lipinski definition) is 2. The molecule has 1 N–H and O–H groups in total. The predicted molar refractivity (Wildman–Crippen MR) is 90.4 cm³/mol. The third-order valence-corrected chi connectivity index (χ3v) is 4.68. The number of nitrogens with zero attached hydrogens (tertiary/aromatic N) is 2. The molecule has 1 aromatic heterocycles. The van der Waals surface area contributed by atoms with Crippen LogP contribution in [0.5, 0.6) is 0 Å². The highest BCUT2D eigenvalue weighted by molar-refractivity contribution is 5.81. The van der Waals surface area contributed by atoms with Crippen LogP contribution >= 0.6 is 0 Å². The van der Waals surface area contributed by atoms with Gasteiger partial charge in [-0.3, -0.25) is 4.79 Å². The number of alkyl halides is 3. The molecule has 134 valence electrons. The second-order valence-corrected chi connectivity index (χ2v) is 6.37. The van der Waals surface area contributed by atoms with E-state index in [1.165, 1.54) is 17.7 Å². The van der Waals surface area contributed by atoms with Gasteiger partial charge in [-0.2, -0.15) is 13.2 Å². The number of carbonyl (C=O) groups excluding carboxylic acids is 1. The van der Waals surface area contributed by atoms with E-state index >= 15 is 0 Å². The minimum atomic E-state index is -4.63. The van der Waals surface area contributed by atoms with Gasteiger partial charge < -0.3 is 9.88 Å². The minimum absolute atomic E-state index is 0.164. The molecule has 26 heavy (non-hydrogen) atoms. The van der Waals surface area contributed by atoms with E-state index in [0.717, 1.165) is 23.0 Å². The first-order valence-electron chi connectivity index (χ1n) is 8.33. The number of amides is 1. The van der Waals surface area contributed by atoms with E-state index in [2.05, 4.69) is 10.3 Å². The number of benzene rings is 2. The summed E-state index contributed by atoms with van der Waals surface area (Å²) >= 11 is 0. The number of fused-ring (bicyclic) bond motifs is 2. The Morgan fingerprint density at radius 3 is 2.69 bits per heavy atom. The monoisotopic (exact) mass is 359 g/mol. The van der Waals surface area contributed by atoms with Gasteiger partial charge in [-0.1, -0.05) is 36.4 Å². The fourth-order valence-electron chi connectivity index (χ4n) is 3.54. The quantitative estimate of drug-likeness (QED) is 0.772. The molecule has 0 spiro atoms. The van der Waals surface area contributed by atoms with Crippen molar-refractivity contribution in [3.05, 3.63) is 65.5 Å². The van der Waals surface area contributed by atoms with E-state index in [4.69, 9.17) is 0 Å². The molecule has 1 atom stereocenters. The van der Waals surface area contributed by atoms with Crippen molar-refractivity contribution < 1.29 is 18.0 Å². The van der Waals surface area contributed by atoms with Crippen molar-refractivity contribution in [2.24, 2.45) is 0 Å². The lowest BCUT2D eigenvalue weighted by Crippen LogP contribution is -2.31. The number of imidazole rings is 1. The van der Waals surface area contributed by atoms with E-state index in [1.807, 2.05) is 24.3 Å². The molecule has 0 aliphatic heterocycles. The van der Waals surface area contributed by atoms with Gasteiger partial charge in [0.15, 0.2) is 0 Å². The molecule has 4 rings (SSSR count). The molecule has 3 aromatic rings. The second-order valence-electron chi connectivity index (χ2n) is 6.37. The summed E-state index contributed by atoms with van der Waals surface area (Å²) < 4.78 is 40.9. The lowest BCUT2D eigenvalue weighted by molar-refractivity contribution is -0.147. The summed E-state index contributed by atoms with van der Waals surface area (Å²) in [7, 11) is 0. The van der Waals surface area contributed by atoms with Crippen molar-refractivity contribution in [2.45, 2.75) is 31.6 Å². The van der Waals surface area contributed by atoms with Crippen LogP contribution in [0.1, 0.15) is 29.4 Å². The largest absolute Gasteiger partial charge is 0.449 e. The van der Waals surface area contributed by atoms with Crippen molar-refractivity contribution in [1.29, 1.82) is 0 Å². The van der Waals surface area contributed by atoms with E-state index in [0.29, 0.717) is 5.52 Å². The third kappa shape index (κ3) is 2.94. The Hall–Kier alpha value is -2.83. The maximum atomic E-state index is 13.3. The van der Waals surface area contributed by atoms with E-state index in [1.54, 1.807) is 12.1 Å². The number of halogens is 3. The van der Waals surface area contributed by atoms with Crippen molar-refractivity contribution in [3.63, 3.8) is 0 Å². The van der Waals surface area contributed by atoms with Crippen molar-refractivity contribution in [1.82, 2.24) is 14.9 Å². The van der Waals surface area contributed by atoms with Gasteiger partial charge in [-0.15, -0.1) is 0 Å². The molecule has 1 aliphatic rings. The molecule has 0 fully saturated rings. The number of carbonyl (C=O) groups is 1. The number of para-hydroxylation sites is 2. The molecule has 1 aliphatic carbocycles. The molecular weight excluding hydrogens is 343 g/mol. The molecule has 1 amide bonds. The standard InChI is InChI=1S/C19H16F3N3O/c20-19(21,22)18-24-15-7-3-4-8-16(15)25(18)11-17(26)23-14-10-9-12-5-1-2-6-13(12)14/h1-8,14H,9-11H2,(H,23,26). The van der Waals surface area contributed by atoms with Gasteiger partial charge >= 0.3 is 6.18 Å². The van der Waals surface area contributed by atoms with Crippen molar-refractivity contribution in [3.8, 4) is 0 Å². The smallest absolute Gasteiger partial charge is 0.348 e. The second kappa shape index (κ2) is 6.16. The summed E-state index contributed by atoms with van der Waals surface area (Å²) in [6, 6.07) is 13.9. The number of aryl methyl sites for hydroxylation is 1. The first-order valence-corrected chi connectivity index (χ1v) is 8.33. The van der Waals surface area contributed by atoms with Crippen LogP contribution in [0.25, 0.3) is 11.0 Å². The Kier molecular flexibility index (Phi) is 3.94. The fraction of sp³-hybridized carbons (Fsp3) is 0.263. The Labute approximate surface area is 147 Å². The van der Waals surface area contributed by atoms with E-state index in [-0.39, 0.29) is 11.6 Å². The molecule has 0 radical (unpaired) electrons. The van der Waals surface area contributed by atoms with Crippen LogP contribution in [0, 0.1) is 0 Å². The summed E-state index contributed by atoms with van der Waals surface area (Å²) in [5.74, 6) is -1.51. The Bertz CT molecular complexity index is 978. The third-order valence-electron chi connectivity index (χ3n) is 4.68. The first kappa shape index (κ1) is 16.6. The maximum absolute atomic E-state index is 13.3. The number of hydrogen-bond donors (Lipinski definition) is 1. The normalized spacial score (nSPS) is 16.7. The highest BCUT2D eigenvalue weighted by Crippen LogP contribution is 2.32. The highest BCUT2D eigenvalue weighted by atomic mass is 19.4. The molecular formula is C19H16F3N3O. The zero-order chi connectivity index (χ0) is 18.3. The van der Waals surface area contributed by atoms with Crippen LogP contribution in [0.3, 0.4) is 0 Å². The van der Waals surface area contributed by atoms with Crippen LogP contribution in [0.2, 0.25) is 0 Å². The van der Waals surface area contributed by atoms with Gasteiger partial charge in [0.1, 0.15) is 6.54 Å². The summed E-state index contributed by atoms with van der Waals surface area (Å²) in [6.45, 7) is -0.423. The SMILES string of the molecule is O=C(Cn1c(C(F)(F)F)nc2ccccc21)NC1CCc2ccccc21. The zero-order valence-electron chi connectivity index (χ0n) is 13.8. The lowest BCUT2D eigenvalue weighted by atomic mass is 10.1. The van der Waals surface area contributed by atoms with Gasteiger partial charge in [0, 0.05) is 0 Å². The van der Waals surface area contributed by atoms with Crippen molar-refractivity contribution in [2.75, 3.05) is 0 Å². The molecule has 2 aromatic carbocycles. The average Bonchev–Trinajstić information content (AvgIpc) is 3.17. The van der Waals surface area contributed by atoms with E-state index in [9.17, 15) is 18.0 Å². The molecule has 7 heteroatoms. The molecule has 0 bridgehead atoms. The molecule has 1 unspecified atom stereocenters. The van der Waals surface area contributed by atoms with Gasteiger partial charge in [0.25, 0.3) is 0 Å². The van der Waals surface area contributed by atoms with Gasteiger partial charge in [0.05, 0.1) is 17.1 Å². The Morgan fingerprint density at radius 2 is 1.88 bits per heavy atom. The summed E-state index contributed by atoms with van der Waals surface area (Å²) in [6.07, 6.45) is -3.02. The Morgan fingerprint density at radius 1 is 1.15 bits per heavy atom. The van der Waals surface area contributed by atoms with E-state index < -0.39 is 24.5 Å². The zero-order valence-corrected chi connectivity index (χ0v) is 13.8. The number of nitrogens with one attached hydrogen (secondary N) is 1. The predicted octanol–water partition coefficient (Wildman–Crippen LogP) is 3.86. The van der Waals surface area contributed by atoms with Gasteiger partial charge in [0.2, 0.25) is 11.7 Å². The topological polar surface area (TPSA) is 46.9 Å². The van der Waals surface area contributed by atoms with Crippen LogP contribution in [-0.2, 0) is 23.9 Å². The average molecular weight is 359 g/mol. The molecule has 0 saturated heterocycles. The lowest BCUT2D eigenvalue weighted by Gasteiger charge is -2.16. The number of rotatable bonds is 3. The molecule has 4 nitrogen and oxygen atoms in total. The van der Waals surface area contributed by atoms with Crippen LogP contribution in [-0.4, -0.2) is 15.5 Å². The summed E-state index contributed by atoms with van der Waals surface area (Å²) in [4.78, 5) is 16.1. The number of aromatic nitrogens is 2. The highest BCUT2D eigenvalue weighted by Gasteiger charge is 2.38. The first-order chi connectivity index (χ1) is 12.4. The summed E-state index contributed by atoms with van der Waals surface area (Å²) in [5, 5.41) is 2.86. The maximum Gasteiger partial charge on any atom is 0.449 e. The van der Waals surface area contributed by atoms with Crippen LogP contribution in [0.4, 0.5) is 13.2 Å². The molecule has 1 heterocycles. The van der Waals surface area contributed by atoms with Crippen LogP contribution in [0.15, 0.2) is 48.5 Å². The van der Waals surface area contributed by atoms with Crippen LogP contribution < -0.4 is 5.32 Å². The molecule has 0 saturated carbocycles. The summed E-state index contributed by atoms with van der Waals surface area (Å²) in [5.41, 5.74) is 2.72. The minimum Gasteiger partial charge on any atom is -0.348 e.